The van der Waals surface area contributed by atoms with Gasteiger partial charge in [0.05, 0.1) is 0 Å². The molecule has 1 saturated carbocycles. The first-order chi connectivity index (χ1) is 8.75. The lowest BCUT2D eigenvalue weighted by atomic mass is 10.1. The molecule has 1 aliphatic rings. The zero-order valence-corrected chi connectivity index (χ0v) is 11.2. The Hall–Kier alpha value is -1.35. The second kappa shape index (κ2) is 4.73. The highest BCUT2D eigenvalue weighted by molar-refractivity contribution is 7.80. The molecule has 1 aromatic heterocycles. The van der Waals surface area contributed by atoms with E-state index in [9.17, 15) is 0 Å². The third-order valence-corrected chi connectivity index (χ3v) is 4.23. The van der Waals surface area contributed by atoms with Gasteiger partial charge in [0.25, 0.3) is 0 Å². The number of rotatable bonds is 3. The number of fused-ring (bicyclic) bond motifs is 1. The molecule has 2 aromatic rings. The van der Waals surface area contributed by atoms with Gasteiger partial charge in [0, 0.05) is 29.2 Å². The maximum atomic E-state index is 5.77. The maximum Gasteiger partial charge on any atom is 0.104 e. The fraction of sp³-hybridized carbons (Fsp3) is 0.400. The number of benzene rings is 1. The molecule has 1 aromatic carbocycles. The van der Waals surface area contributed by atoms with Crippen LogP contribution in [0.5, 0.6) is 0 Å². The molecule has 0 atom stereocenters. The van der Waals surface area contributed by atoms with Crippen molar-refractivity contribution in [2.45, 2.75) is 32.2 Å². The van der Waals surface area contributed by atoms with E-state index in [4.69, 9.17) is 18.0 Å². The Morgan fingerprint density at radius 3 is 2.78 bits per heavy atom. The normalized spacial score (nSPS) is 16.4. The fourth-order valence-corrected chi connectivity index (χ4v) is 3.25. The predicted molar refractivity (Wildman–Crippen MR) is 79.8 cm³/mol. The summed E-state index contributed by atoms with van der Waals surface area (Å²) in [5.41, 5.74) is 8.02. The number of hydrogen-bond donors (Lipinski definition) is 1. The van der Waals surface area contributed by atoms with Crippen molar-refractivity contribution in [1.82, 2.24) is 4.57 Å². The fourth-order valence-electron chi connectivity index (χ4n) is 3.07. The minimum atomic E-state index is 0.485. The molecule has 94 valence electrons. The molecule has 3 heteroatoms. The van der Waals surface area contributed by atoms with Gasteiger partial charge in [-0.2, -0.15) is 0 Å². The van der Waals surface area contributed by atoms with Crippen LogP contribution in [0.15, 0.2) is 30.5 Å². The van der Waals surface area contributed by atoms with Crippen molar-refractivity contribution in [2.24, 2.45) is 11.7 Å². The molecule has 0 bridgehead atoms. The van der Waals surface area contributed by atoms with Crippen LogP contribution >= 0.6 is 12.2 Å². The summed E-state index contributed by atoms with van der Waals surface area (Å²) in [5.74, 6) is 0.842. The predicted octanol–water partition coefficient (Wildman–Crippen LogP) is 3.47. The number of aromatic nitrogens is 1. The van der Waals surface area contributed by atoms with Gasteiger partial charge >= 0.3 is 0 Å². The Morgan fingerprint density at radius 1 is 1.28 bits per heavy atom. The van der Waals surface area contributed by atoms with Crippen molar-refractivity contribution >= 4 is 28.1 Å². The lowest BCUT2D eigenvalue weighted by molar-refractivity contribution is 0.466. The second-order valence-electron chi connectivity index (χ2n) is 5.22. The molecule has 0 unspecified atom stereocenters. The SMILES string of the molecule is NC(=S)c1cccc2c1ccn2CC1CCCC1. The lowest BCUT2D eigenvalue weighted by Crippen LogP contribution is -2.10. The van der Waals surface area contributed by atoms with E-state index >= 15 is 0 Å². The maximum absolute atomic E-state index is 5.77. The van der Waals surface area contributed by atoms with Gasteiger partial charge in [0.2, 0.25) is 0 Å². The van der Waals surface area contributed by atoms with Crippen LogP contribution in [0.2, 0.25) is 0 Å². The molecule has 1 aliphatic carbocycles. The van der Waals surface area contributed by atoms with Crippen molar-refractivity contribution in [3.63, 3.8) is 0 Å². The van der Waals surface area contributed by atoms with Crippen LogP contribution in [0.3, 0.4) is 0 Å². The zero-order chi connectivity index (χ0) is 12.5. The highest BCUT2D eigenvalue weighted by Gasteiger charge is 2.16. The van der Waals surface area contributed by atoms with E-state index in [1.165, 1.54) is 36.6 Å². The minimum Gasteiger partial charge on any atom is -0.389 e. The summed E-state index contributed by atoms with van der Waals surface area (Å²) >= 11 is 5.11. The molecular formula is C15H18N2S. The molecule has 0 radical (unpaired) electrons. The van der Waals surface area contributed by atoms with E-state index in [1.807, 2.05) is 12.1 Å². The monoisotopic (exact) mass is 258 g/mol. The number of nitrogens with two attached hydrogens (primary N) is 1. The van der Waals surface area contributed by atoms with E-state index in [1.54, 1.807) is 0 Å². The average molecular weight is 258 g/mol. The van der Waals surface area contributed by atoms with Crippen LogP contribution in [0.1, 0.15) is 31.2 Å². The molecule has 2 nitrogen and oxygen atoms in total. The molecule has 2 N–H and O–H groups in total. The molecule has 0 spiro atoms. The first kappa shape index (κ1) is 11.7. The molecule has 0 amide bonds. The number of thiocarbonyl (C=S) groups is 1. The Bertz CT molecular complexity index is 579. The van der Waals surface area contributed by atoms with E-state index in [0.717, 1.165) is 18.0 Å². The summed E-state index contributed by atoms with van der Waals surface area (Å²) in [5, 5.41) is 1.18. The number of hydrogen-bond acceptors (Lipinski definition) is 1. The molecule has 18 heavy (non-hydrogen) atoms. The summed E-state index contributed by atoms with van der Waals surface area (Å²) in [6.07, 6.45) is 7.69. The third-order valence-electron chi connectivity index (χ3n) is 4.01. The van der Waals surface area contributed by atoms with Gasteiger partial charge in [-0.25, -0.2) is 0 Å². The molecule has 1 heterocycles. The van der Waals surface area contributed by atoms with Crippen LogP contribution in [-0.4, -0.2) is 9.56 Å². The molecular weight excluding hydrogens is 240 g/mol. The smallest absolute Gasteiger partial charge is 0.104 e. The first-order valence-electron chi connectivity index (χ1n) is 6.63. The van der Waals surface area contributed by atoms with Crippen molar-refractivity contribution < 1.29 is 0 Å². The van der Waals surface area contributed by atoms with Gasteiger partial charge in [-0.1, -0.05) is 37.2 Å². The van der Waals surface area contributed by atoms with Crippen molar-refractivity contribution in [3.8, 4) is 0 Å². The molecule has 0 aliphatic heterocycles. The van der Waals surface area contributed by atoms with Gasteiger partial charge in [0.1, 0.15) is 4.99 Å². The average Bonchev–Trinajstić information content (AvgIpc) is 2.99. The van der Waals surface area contributed by atoms with E-state index in [-0.39, 0.29) is 0 Å². The summed E-state index contributed by atoms with van der Waals surface area (Å²) < 4.78 is 2.35. The quantitative estimate of drug-likeness (QED) is 0.855. The van der Waals surface area contributed by atoms with Crippen LogP contribution < -0.4 is 5.73 Å². The van der Waals surface area contributed by atoms with Gasteiger partial charge in [0.15, 0.2) is 0 Å². The summed E-state index contributed by atoms with van der Waals surface area (Å²) in [7, 11) is 0. The Morgan fingerprint density at radius 2 is 2.06 bits per heavy atom. The topological polar surface area (TPSA) is 30.9 Å². The van der Waals surface area contributed by atoms with E-state index in [0.29, 0.717) is 4.99 Å². The van der Waals surface area contributed by atoms with Crippen LogP contribution in [0.4, 0.5) is 0 Å². The van der Waals surface area contributed by atoms with Crippen LogP contribution in [-0.2, 0) is 6.54 Å². The Labute approximate surface area is 113 Å². The van der Waals surface area contributed by atoms with Crippen molar-refractivity contribution in [1.29, 1.82) is 0 Å². The van der Waals surface area contributed by atoms with Gasteiger partial charge in [-0.15, -0.1) is 0 Å². The van der Waals surface area contributed by atoms with Crippen LogP contribution in [0.25, 0.3) is 10.9 Å². The third kappa shape index (κ3) is 2.03. The zero-order valence-electron chi connectivity index (χ0n) is 10.4. The standard InChI is InChI=1S/C15H18N2S/c16-15(18)13-6-3-7-14-12(13)8-9-17(14)10-11-4-1-2-5-11/h3,6-9,11H,1-2,4-5,10H2,(H2,16,18). The Kier molecular flexibility index (Phi) is 3.08. The molecule has 3 rings (SSSR count). The van der Waals surface area contributed by atoms with Gasteiger partial charge in [-0.05, 0) is 30.9 Å². The summed E-state index contributed by atoms with van der Waals surface area (Å²) in [6, 6.07) is 8.34. The van der Waals surface area contributed by atoms with E-state index < -0.39 is 0 Å². The van der Waals surface area contributed by atoms with Gasteiger partial charge < -0.3 is 10.3 Å². The molecule has 0 saturated heterocycles. The largest absolute Gasteiger partial charge is 0.389 e. The highest BCUT2D eigenvalue weighted by Crippen LogP contribution is 2.28. The van der Waals surface area contributed by atoms with Crippen LogP contribution in [0, 0.1) is 5.92 Å². The van der Waals surface area contributed by atoms with E-state index in [2.05, 4.69) is 22.9 Å². The summed E-state index contributed by atoms with van der Waals surface area (Å²) in [6.45, 7) is 1.13. The number of nitrogens with zero attached hydrogens (tertiary/aromatic N) is 1. The Balaban J connectivity index is 1.98. The second-order valence-corrected chi connectivity index (χ2v) is 5.66. The van der Waals surface area contributed by atoms with Gasteiger partial charge in [-0.3, -0.25) is 0 Å². The highest BCUT2D eigenvalue weighted by atomic mass is 32.1. The first-order valence-corrected chi connectivity index (χ1v) is 7.04. The van der Waals surface area contributed by atoms with Crippen molar-refractivity contribution in [2.75, 3.05) is 0 Å². The minimum absolute atomic E-state index is 0.485. The van der Waals surface area contributed by atoms with Crippen molar-refractivity contribution in [3.05, 3.63) is 36.0 Å². The lowest BCUT2D eigenvalue weighted by Gasteiger charge is -2.12. The summed E-state index contributed by atoms with van der Waals surface area (Å²) in [4.78, 5) is 0.485. The molecule has 1 fully saturated rings.